The number of amides is 1. The number of halogens is 1. The van der Waals surface area contributed by atoms with Crippen LogP contribution in [0.5, 0.6) is 17.2 Å². The van der Waals surface area contributed by atoms with E-state index in [4.69, 9.17) is 4.74 Å². The Hall–Kier alpha value is -2.29. The molecule has 2 aromatic carbocycles. The molecule has 2 rings (SSSR count). The van der Waals surface area contributed by atoms with E-state index in [-0.39, 0.29) is 17.4 Å². The van der Waals surface area contributed by atoms with E-state index in [0.717, 1.165) is 3.57 Å². The predicted octanol–water partition coefficient (Wildman–Crippen LogP) is 2.87. The summed E-state index contributed by atoms with van der Waals surface area (Å²) >= 11 is 2.08. The van der Waals surface area contributed by atoms with Crippen LogP contribution in [0, 0.1) is 3.57 Å². The van der Waals surface area contributed by atoms with E-state index in [2.05, 4.69) is 33.1 Å². The maximum Gasteiger partial charge on any atom is 0.271 e. The van der Waals surface area contributed by atoms with Gasteiger partial charge in [-0.25, -0.2) is 5.43 Å². The number of phenols is 2. The van der Waals surface area contributed by atoms with E-state index in [1.807, 2.05) is 0 Å². The molecule has 0 spiro atoms. The van der Waals surface area contributed by atoms with Gasteiger partial charge in [-0.2, -0.15) is 5.10 Å². The highest BCUT2D eigenvalue weighted by molar-refractivity contribution is 14.1. The van der Waals surface area contributed by atoms with Crippen molar-refractivity contribution in [2.45, 2.75) is 6.92 Å². The molecule has 0 bridgehead atoms. The van der Waals surface area contributed by atoms with Crippen molar-refractivity contribution in [3.63, 3.8) is 0 Å². The molecule has 6 nitrogen and oxygen atoms in total. The number of ether oxygens (including phenoxy) is 1. The molecule has 0 aliphatic heterocycles. The van der Waals surface area contributed by atoms with Crippen molar-refractivity contribution in [2.75, 3.05) is 7.11 Å². The van der Waals surface area contributed by atoms with Gasteiger partial charge in [-0.1, -0.05) is 0 Å². The van der Waals surface area contributed by atoms with Crippen molar-refractivity contribution in [1.29, 1.82) is 0 Å². The molecule has 120 valence electrons. The average Bonchev–Trinajstić information content (AvgIpc) is 2.52. The number of carbonyl (C=O) groups is 1. The van der Waals surface area contributed by atoms with E-state index < -0.39 is 0 Å². The van der Waals surface area contributed by atoms with Gasteiger partial charge in [-0.15, -0.1) is 0 Å². The van der Waals surface area contributed by atoms with Crippen LogP contribution in [0.1, 0.15) is 22.8 Å². The number of nitrogens with one attached hydrogen (secondary N) is 1. The Kier molecular flexibility index (Phi) is 5.43. The van der Waals surface area contributed by atoms with Crippen molar-refractivity contribution in [2.24, 2.45) is 5.10 Å². The van der Waals surface area contributed by atoms with Crippen LogP contribution in [0.15, 0.2) is 41.5 Å². The van der Waals surface area contributed by atoms with Gasteiger partial charge in [0.05, 0.1) is 16.4 Å². The van der Waals surface area contributed by atoms with Crippen LogP contribution in [0.4, 0.5) is 0 Å². The van der Waals surface area contributed by atoms with Gasteiger partial charge in [0.25, 0.3) is 5.91 Å². The number of hydrogen-bond acceptors (Lipinski definition) is 5. The summed E-state index contributed by atoms with van der Waals surface area (Å²) in [7, 11) is 1.56. The lowest BCUT2D eigenvalue weighted by Crippen LogP contribution is -2.19. The van der Waals surface area contributed by atoms with Gasteiger partial charge in [0.15, 0.2) is 0 Å². The zero-order valence-electron chi connectivity index (χ0n) is 12.5. The molecule has 0 atom stereocenters. The van der Waals surface area contributed by atoms with Gasteiger partial charge in [-0.3, -0.25) is 4.79 Å². The highest BCUT2D eigenvalue weighted by atomic mass is 127. The molecule has 0 aromatic heterocycles. The fourth-order valence-electron chi connectivity index (χ4n) is 1.89. The monoisotopic (exact) mass is 426 g/mol. The minimum absolute atomic E-state index is 0.0455. The molecule has 1 amide bonds. The second kappa shape index (κ2) is 7.32. The standard InChI is InChI=1S/C16H15IN2O4/c1-9(12-5-4-11(20)8-14(12)21)18-19-16(22)10-3-6-15(23-2)13(17)7-10/h3-8,20-21H,1-2H3,(H,19,22)/b18-9-. The molecule has 0 radical (unpaired) electrons. The SMILES string of the molecule is COc1ccc(C(=O)N/N=C(/C)c2ccc(O)cc2O)cc1I. The number of phenolic OH excluding ortho intramolecular Hbond substituents is 2. The van der Waals surface area contributed by atoms with Gasteiger partial charge < -0.3 is 14.9 Å². The number of carbonyl (C=O) groups excluding carboxylic acids is 1. The molecule has 0 fully saturated rings. The van der Waals surface area contributed by atoms with E-state index in [0.29, 0.717) is 22.6 Å². The predicted molar refractivity (Wildman–Crippen MR) is 95.2 cm³/mol. The lowest BCUT2D eigenvalue weighted by atomic mass is 10.1. The molecule has 3 N–H and O–H groups in total. The van der Waals surface area contributed by atoms with Gasteiger partial charge in [0.2, 0.25) is 0 Å². The summed E-state index contributed by atoms with van der Waals surface area (Å²) in [6.45, 7) is 1.64. The quantitative estimate of drug-likeness (QED) is 0.399. The molecule has 0 saturated carbocycles. The summed E-state index contributed by atoms with van der Waals surface area (Å²) in [5, 5.41) is 23.0. The van der Waals surface area contributed by atoms with E-state index in [1.165, 1.54) is 18.2 Å². The second-order valence-electron chi connectivity index (χ2n) is 4.69. The number of benzene rings is 2. The maximum absolute atomic E-state index is 12.1. The Morgan fingerprint density at radius 2 is 1.96 bits per heavy atom. The van der Waals surface area contributed by atoms with Crippen LogP contribution in [0.25, 0.3) is 0 Å². The largest absolute Gasteiger partial charge is 0.508 e. The lowest BCUT2D eigenvalue weighted by molar-refractivity contribution is 0.0954. The van der Waals surface area contributed by atoms with E-state index >= 15 is 0 Å². The Balaban J connectivity index is 2.15. The maximum atomic E-state index is 12.1. The summed E-state index contributed by atoms with van der Waals surface area (Å²) < 4.78 is 5.96. The zero-order chi connectivity index (χ0) is 17.0. The number of methoxy groups -OCH3 is 1. The number of hydrazone groups is 1. The van der Waals surface area contributed by atoms with Crippen molar-refractivity contribution < 1.29 is 19.7 Å². The smallest absolute Gasteiger partial charge is 0.271 e. The summed E-state index contributed by atoms with van der Waals surface area (Å²) in [6, 6.07) is 9.20. The molecule has 0 aliphatic rings. The van der Waals surface area contributed by atoms with Gasteiger partial charge >= 0.3 is 0 Å². The van der Waals surface area contributed by atoms with Crippen LogP contribution >= 0.6 is 22.6 Å². The minimum Gasteiger partial charge on any atom is -0.508 e. The molecule has 7 heteroatoms. The van der Waals surface area contributed by atoms with Crippen LogP contribution in [0.3, 0.4) is 0 Å². The number of hydrogen-bond donors (Lipinski definition) is 3. The van der Waals surface area contributed by atoms with Gasteiger partial charge in [0, 0.05) is 17.2 Å². The van der Waals surface area contributed by atoms with Crippen LogP contribution in [0.2, 0.25) is 0 Å². The van der Waals surface area contributed by atoms with Crippen LogP contribution in [-0.2, 0) is 0 Å². The molecular weight excluding hydrogens is 411 g/mol. The van der Waals surface area contributed by atoms with Crippen molar-refractivity contribution >= 4 is 34.2 Å². The first-order valence-corrected chi connectivity index (χ1v) is 7.70. The van der Waals surface area contributed by atoms with Crippen molar-refractivity contribution in [3.05, 3.63) is 51.1 Å². The molecule has 2 aromatic rings. The minimum atomic E-state index is -0.372. The van der Waals surface area contributed by atoms with Crippen LogP contribution in [-0.4, -0.2) is 28.9 Å². The van der Waals surface area contributed by atoms with Gasteiger partial charge in [0.1, 0.15) is 17.2 Å². The first-order chi connectivity index (χ1) is 10.9. The fraction of sp³-hybridized carbons (Fsp3) is 0.125. The molecule has 0 saturated heterocycles. The number of nitrogens with zero attached hydrogens (tertiary/aromatic N) is 1. The van der Waals surface area contributed by atoms with Crippen LogP contribution < -0.4 is 10.2 Å². The van der Waals surface area contributed by atoms with E-state index in [1.54, 1.807) is 32.2 Å². The second-order valence-corrected chi connectivity index (χ2v) is 5.85. The Morgan fingerprint density at radius 3 is 2.57 bits per heavy atom. The first kappa shape index (κ1) is 17.1. The van der Waals surface area contributed by atoms with E-state index in [9.17, 15) is 15.0 Å². The molecule has 0 aliphatic carbocycles. The normalized spacial score (nSPS) is 11.2. The Morgan fingerprint density at radius 1 is 1.22 bits per heavy atom. The molecule has 0 unspecified atom stereocenters. The number of rotatable bonds is 4. The molecule has 0 heterocycles. The summed E-state index contributed by atoms with van der Waals surface area (Å²) in [6.07, 6.45) is 0. The molecular formula is C16H15IN2O4. The highest BCUT2D eigenvalue weighted by Gasteiger charge is 2.10. The third-order valence-corrected chi connectivity index (χ3v) is 3.95. The topological polar surface area (TPSA) is 91.2 Å². The first-order valence-electron chi connectivity index (χ1n) is 6.63. The molecule has 23 heavy (non-hydrogen) atoms. The zero-order valence-corrected chi connectivity index (χ0v) is 14.7. The number of aromatic hydroxyl groups is 2. The summed E-state index contributed by atoms with van der Waals surface area (Å²) in [5.41, 5.74) is 3.72. The lowest BCUT2D eigenvalue weighted by Gasteiger charge is -2.07. The Labute approximate surface area is 146 Å². The average molecular weight is 426 g/mol. The Bertz CT molecular complexity index is 775. The third kappa shape index (κ3) is 4.13. The van der Waals surface area contributed by atoms with Gasteiger partial charge in [-0.05, 0) is 59.8 Å². The third-order valence-electron chi connectivity index (χ3n) is 3.11. The highest BCUT2D eigenvalue weighted by Crippen LogP contribution is 2.23. The summed E-state index contributed by atoms with van der Waals surface area (Å²) in [4.78, 5) is 12.1. The van der Waals surface area contributed by atoms with Crippen molar-refractivity contribution in [1.82, 2.24) is 5.43 Å². The van der Waals surface area contributed by atoms with Crippen molar-refractivity contribution in [3.8, 4) is 17.2 Å². The summed E-state index contributed by atoms with van der Waals surface area (Å²) in [5.74, 6) is 0.162. The fourth-order valence-corrected chi connectivity index (χ4v) is 2.63.